The third-order valence-electron chi connectivity index (χ3n) is 3.54. The van der Waals surface area contributed by atoms with Crippen LogP contribution in [0, 0.1) is 5.92 Å². The topological polar surface area (TPSA) is 63.6 Å². The molecule has 0 aliphatic heterocycles. The van der Waals surface area contributed by atoms with E-state index >= 15 is 0 Å². The number of carbonyl (C=O) groups excluding carboxylic acids is 1. The van der Waals surface area contributed by atoms with E-state index in [-0.39, 0.29) is 0 Å². The van der Waals surface area contributed by atoms with Crippen molar-refractivity contribution in [3.63, 3.8) is 0 Å². The first-order valence-corrected chi connectivity index (χ1v) is 7.97. The van der Waals surface area contributed by atoms with E-state index in [1.165, 1.54) is 44.9 Å². The van der Waals surface area contributed by atoms with Gasteiger partial charge in [-0.25, -0.2) is 0 Å². The average Bonchev–Trinajstić information content (AvgIpc) is 2.44. The summed E-state index contributed by atoms with van der Waals surface area (Å²) >= 11 is 0. The second-order valence-corrected chi connectivity index (χ2v) is 5.44. The number of hydrogen-bond donors (Lipinski definition) is 1. The van der Waals surface area contributed by atoms with Crippen LogP contribution in [0.5, 0.6) is 0 Å². The highest BCUT2D eigenvalue weighted by atomic mass is 16.5. The minimum atomic E-state index is -1.13. The lowest BCUT2D eigenvalue weighted by Gasteiger charge is -2.21. The van der Waals surface area contributed by atoms with Crippen molar-refractivity contribution in [2.75, 3.05) is 6.61 Å². The second kappa shape index (κ2) is 12.9. The van der Waals surface area contributed by atoms with Crippen molar-refractivity contribution in [1.29, 1.82) is 0 Å². The molecule has 0 heterocycles. The monoisotopic (exact) mass is 286 g/mol. The van der Waals surface area contributed by atoms with Crippen LogP contribution in [-0.2, 0) is 14.3 Å². The summed E-state index contributed by atoms with van der Waals surface area (Å²) in [5, 5.41) is 8.34. The summed E-state index contributed by atoms with van der Waals surface area (Å²) in [5.41, 5.74) is 0. The van der Waals surface area contributed by atoms with Crippen LogP contribution in [0.3, 0.4) is 0 Å². The van der Waals surface area contributed by atoms with Crippen molar-refractivity contribution in [3.8, 4) is 0 Å². The molecule has 0 atom stereocenters. The van der Waals surface area contributed by atoms with E-state index in [2.05, 4.69) is 13.8 Å². The molecule has 0 spiro atoms. The van der Waals surface area contributed by atoms with Gasteiger partial charge >= 0.3 is 11.9 Å². The number of rotatable bonds is 7. The van der Waals surface area contributed by atoms with Gasteiger partial charge in [0.1, 0.15) is 6.42 Å². The fourth-order valence-corrected chi connectivity index (χ4v) is 2.21. The molecule has 0 unspecified atom stereocenters. The van der Waals surface area contributed by atoms with Gasteiger partial charge in [0.25, 0.3) is 0 Å². The molecule has 118 valence electrons. The zero-order chi connectivity index (χ0) is 15.2. The lowest BCUT2D eigenvalue weighted by Crippen LogP contribution is -2.12. The van der Waals surface area contributed by atoms with Crippen molar-refractivity contribution >= 4 is 11.9 Å². The molecule has 0 amide bonds. The molecule has 1 saturated carbocycles. The summed E-state index contributed by atoms with van der Waals surface area (Å²) in [6.45, 7) is 4.72. The van der Waals surface area contributed by atoms with Crippen LogP contribution >= 0.6 is 0 Å². The molecule has 0 aromatic heterocycles. The molecule has 20 heavy (non-hydrogen) atoms. The number of carbonyl (C=O) groups is 2. The number of ether oxygens (including phenoxy) is 1. The number of carboxylic acids is 1. The number of esters is 1. The fraction of sp³-hybridized carbons (Fsp3) is 0.875. The normalized spacial score (nSPS) is 15.1. The summed E-state index contributed by atoms with van der Waals surface area (Å²) in [6.07, 6.45) is 10.7. The van der Waals surface area contributed by atoms with E-state index in [0.29, 0.717) is 6.61 Å². The summed E-state index contributed by atoms with van der Waals surface area (Å²) in [6, 6.07) is 0. The van der Waals surface area contributed by atoms with E-state index in [1.807, 2.05) is 0 Å². The summed E-state index contributed by atoms with van der Waals surface area (Å²) in [4.78, 5) is 21.1. The van der Waals surface area contributed by atoms with E-state index in [4.69, 9.17) is 9.84 Å². The van der Waals surface area contributed by atoms with E-state index in [1.54, 1.807) is 0 Å². The van der Waals surface area contributed by atoms with Crippen LogP contribution in [0.2, 0.25) is 0 Å². The molecule has 0 radical (unpaired) electrons. The highest BCUT2D eigenvalue weighted by Crippen LogP contribution is 2.27. The first-order chi connectivity index (χ1) is 9.60. The highest BCUT2D eigenvalue weighted by molar-refractivity contribution is 5.90. The van der Waals surface area contributed by atoms with Crippen LogP contribution in [0.1, 0.15) is 78.1 Å². The molecule has 4 nitrogen and oxygen atoms in total. The van der Waals surface area contributed by atoms with Crippen LogP contribution in [0.4, 0.5) is 0 Å². The van der Waals surface area contributed by atoms with Gasteiger partial charge in [0.05, 0.1) is 6.61 Å². The molecule has 1 N–H and O–H groups in total. The van der Waals surface area contributed by atoms with Crippen LogP contribution in [0.25, 0.3) is 0 Å². The van der Waals surface area contributed by atoms with Crippen LogP contribution in [-0.4, -0.2) is 23.7 Å². The number of unbranched alkanes of at least 4 members (excludes halogenated alkanes) is 1. The van der Waals surface area contributed by atoms with Crippen LogP contribution in [0.15, 0.2) is 0 Å². The molecule has 1 fully saturated rings. The quantitative estimate of drug-likeness (QED) is 0.433. The minimum Gasteiger partial charge on any atom is -0.481 e. The van der Waals surface area contributed by atoms with Crippen molar-refractivity contribution < 1.29 is 19.4 Å². The Morgan fingerprint density at radius 1 is 1.10 bits per heavy atom. The Morgan fingerprint density at radius 3 is 2.20 bits per heavy atom. The maximum atomic E-state index is 10.9. The number of aliphatic carboxylic acids is 1. The first kappa shape index (κ1) is 18.9. The standard InChI is InChI=1S/C12H20O4.C4H10/c13-11(14)9-12(15)16-8-4-7-10-5-2-1-3-6-10;1-3-4-2/h10H,1-9H2,(H,13,14);3-4H2,1-2H3. The molecule has 1 aliphatic carbocycles. The van der Waals surface area contributed by atoms with Gasteiger partial charge in [0, 0.05) is 0 Å². The van der Waals surface area contributed by atoms with Crippen molar-refractivity contribution in [3.05, 3.63) is 0 Å². The first-order valence-electron chi connectivity index (χ1n) is 7.97. The van der Waals surface area contributed by atoms with Crippen LogP contribution < -0.4 is 0 Å². The molecular formula is C16H30O4. The Bertz CT molecular complexity index is 255. The molecule has 0 aromatic rings. The smallest absolute Gasteiger partial charge is 0.317 e. The van der Waals surface area contributed by atoms with Gasteiger partial charge in [-0.2, -0.15) is 0 Å². The SMILES string of the molecule is CCCC.O=C(O)CC(=O)OCCCC1CCCCC1. The summed E-state index contributed by atoms with van der Waals surface area (Å²) in [7, 11) is 0. The van der Waals surface area contributed by atoms with Gasteiger partial charge in [0.2, 0.25) is 0 Å². The Labute approximate surface area is 122 Å². The Hall–Kier alpha value is -1.06. The van der Waals surface area contributed by atoms with Gasteiger partial charge in [-0.1, -0.05) is 58.8 Å². The highest BCUT2D eigenvalue weighted by Gasteiger charge is 2.13. The zero-order valence-electron chi connectivity index (χ0n) is 13.0. The van der Waals surface area contributed by atoms with Gasteiger partial charge < -0.3 is 9.84 Å². The Balaban J connectivity index is 0.000000796. The van der Waals surface area contributed by atoms with Crippen molar-refractivity contribution in [2.45, 2.75) is 78.1 Å². The minimum absolute atomic E-state index is 0.364. The largest absolute Gasteiger partial charge is 0.481 e. The van der Waals surface area contributed by atoms with E-state index in [0.717, 1.165) is 18.8 Å². The van der Waals surface area contributed by atoms with Gasteiger partial charge in [-0.15, -0.1) is 0 Å². The van der Waals surface area contributed by atoms with Gasteiger partial charge in [-0.05, 0) is 18.8 Å². The van der Waals surface area contributed by atoms with E-state index in [9.17, 15) is 9.59 Å². The number of hydrogen-bond acceptors (Lipinski definition) is 3. The molecule has 0 aromatic carbocycles. The lowest BCUT2D eigenvalue weighted by atomic mass is 9.86. The maximum absolute atomic E-state index is 10.9. The maximum Gasteiger partial charge on any atom is 0.317 e. The predicted molar refractivity (Wildman–Crippen MR) is 79.6 cm³/mol. The fourth-order valence-electron chi connectivity index (χ4n) is 2.21. The van der Waals surface area contributed by atoms with Crippen molar-refractivity contribution in [2.24, 2.45) is 5.92 Å². The van der Waals surface area contributed by atoms with Gasteiger partial charge in [0.15, 0.2) is 0 Å². The molecule has 0 saturated heterocycles. The average molecular weight is 286 g/mol. The molecule has 0 bridgehead atoms. The zero-order valence-corrected chi connectivity index (χ0v) is 13.0. The third kappa shape index (κ3) is 12.0. The van der Waals surface area contributed by atoms with Crippen molar-refractivity contribution in [1.82, 2.24) is 0 Å². The molecule has 4 heteroatoms. The molecule has 1 aliphatic rings. The predicted octanol–water partition coefficient (Wildman–Crippen LogP) is 4.17. The number of carboxylic acid groups (broad SMARTS) is 1. The Morgan fingerprint density at radius 2 is 1.70 bits per heavy atom. The summed E-state index contributed by atoms with van der Waals surface area (Å²) in [5.74, 6) is -0.972. The van der Waals surface area contributed by atoms with Gasteiger partial charge in [-0.3, -0.25) is 9.59 Å². The second-order valence-electron chi connectivity index (χ2n) is 5.44. The Kier molecular flexibility index (Phi) is 12.3. The molecule has 1 rings (SSSR count). The lowest BCUT2D eigenvalue weighted by molar-refractivity contribution is -0.151. The summed E-state index contributed by atoms with van der Waals surface area (Å²) < 4.78 is 4.82. The third-order valence-corrected chi connectivity index (χ3v) is 3.54. The molecular weight excluding hydrogens is 256 g/mol. The van der Waals surface area contributed by atoms with E-state index < -0.39 is 18.4 Å².